The van der Waals surface area contributed by atoms with Crippen molar-refractivity contribution >= 4 is 11.6 Å². The number of benzene rings is 2. The van der Waals surface area contributed by atoms with Gasteiger partial charge in [0.25, 0.3) is 5.91 Å². The quantitative estimate of drug-likeness (QED) is 0.785. The molecule has 5 heteroatoms. The van der Waals surface area contributed by atoms with Crippen molar-refractivity contribution in [3.8, 4) is 5.75 Å². The van der Waals surface area contributed by atoms with E-state index in [0.29, 0.717) is 17.9 Å². The lowest BCUT2D eigenvalue weighted by Crippen LogP contribution is -3.11. The summed E-state index contributed by atoms with van der Waals surface area (Å²) in [5, 5.41) is 3.14. The van der Waals surface area contributed by atoms with Crippen molar-refractivity contribution in [1.82, 2.24) is 5.32 Å². The largest absolute Gasteiger partial charge is 0.497 e. The Kier molecular flexibility index (Phi) is 6.35. The Bertz CT molecular complexity index is 752. The van der Waals surface area contributed by atoms with Crippen LogP contribution in [0.4, 0.5) is 5.69 Å². The van der Waals surface area contributed by atoms with Gasteiger partial charge in [0, 0.05) is 43.8 Å². The molecule has 1 heterocycles. The van der Waals surface area contributed by atoms with Crippen molar-refractivity contribution < 1.29 is 14.4 Å². The first-order valence-electron chi connectivity index (χ1n) is 9.62. The summed E-state index contributed by atoms with van der Waals surface area (Å²) in [6.45, 7) is 2.96. The van der Waals surface area contributed by atoms with E-state index in [9.17, 15) is 4.79 Å². The van der Waals surface area contributed by atoms with Crippen molar-refractivity contribution in [3.05, 3.63) is 59.7 Å². The Balaban J connectivity index is 1.72. The number of rotatable bonds is 7. The third-order valence-electron chi connectivity index (χ3n) is 5.35. The molecule has 3 rings (SSSR count). The number of ether oxygens (including phenoxy) is 1. The van der Waals surface area contributed by atoms with Gasteiger partial charge in [0.15, 0.2) is 0 Å². The van der Waals surface area contributed by atoms with E-state index >= 15 is 0 Å². The summed E-state index contributed by atoms with van der Waals surface area (Å²) in [6, 6.07) is 16.3. The molecule has 0 aliphatic carbocycles. The Morgan fingerprint density at radius 1 is 1.15 bits per heavy atom. The van der Waals surface area contributed by atoms with Crippen LogP contribution in [0, 0.1) is 0 Å². The molecule has 0 radical (unpaired) electrons. The fraction of sp³-hybridized carbons (Fsp3) is 0.409. The number of amides is 1. The molecule has 5 nitrogen and oxygen atoms in total. The van der Waals surface area contributed by atoms with Crippen LogP contribution in [0.1, 0.15) is 34.8 Å². The van der Waals surface area contributed by atoms with E-state index < -0.39 is 0 Å². The molecular formula is C22H30N3O2+. The van der Waals surface area contributed by atoms with Crippen LogP contribution in [-0.2, 0) is 0 Å². The van der Waals surface area contributed by atoms with Gasteiger partial charge in [-0.1, -0.05) is 18.2 Å². The van der Waals surface area contributed by atoms with Gasteiger partial charge in [-0.05, 0) is 30.3 Å². The SMILES string of the molecule is COc1cccc(C(=O)NC[C@H](c2ccc(N(C)C)cc2)[NH+]2CCCC2)c1. The first-order valence-corrected chi connectivity index (χ1v) is 9.62. The van der Waals surface area contributed by atoms with E-state index in [2.05, 4.69) is 34.5 Å². The number of hydrogen-bond donors (Lipinski definition) is 2. The van der Waals surface area contributed by atoms with Crippen LogP contribution >= 0.6 is 0 Å². The number of likely N-dealkylation sites (tertiary alicyclic amines) is 1. The topological polar surface area (TPSA) is 46.0 Å². The zero-order valence-electron chi connectivity index (χ0n) is 16.5. The van der Waals surface area contributed by atoms with E-state index in [-0.39, 0.29) is 11.9 Å². The lowest BCUT2D eigenvalue weighted by molar-refractivity contribution is -0.918. The van der Waals surface area contributed by atoms with Gasteiger partial charge >= 0.3 is 0 Å². The Morgan fingerprint density at radius 2 is 1.85 bits per heavy atom. The molecule has 0 unspecified atom stereocenters. The molecule has 27 heavy (non-hydrogen) atoms. The van der Waals surface area contributed by atoms with E-state index in [0.717, 1.165) is 13.1 Å². The summed E-state index contributed by atoms with van der Waals surface area (Å²) < 4.78 is 5.22. The highest BCUT2D eigenvalue weighted by atomic mass is 16.5. The summed E-state index contributed by atoms with van der Waals surface area (Å²) in [4.78, 5) is 16.3. The van der Waals surface area contributed by atoms with Gasteiger partial charge in [0.2, 0.25) is 0 Å². The highest BCUT2D eigenvalue weighted by Crippen LogP contribution is 2.17. The molecule has 0 bridgehead atoms. The van der Waals surface area contributed by atoms with Crippen LogP contribution in [0.15, 0.2) is 48.5 Å². The molecule has 0 saturated carbocycles. The highest BCUT2D eigenvalue weighted by Gasteiger charge is 2.28. The first kappa shape index (κ1) is 19.2. The van der Waals surface area contributed by atoms with E-state index in [1.165, 1.54) is 24.1 Å². The number of quaternary nitrogens is 1. The van der Waals surface area contributed by atoms with E-state index in [1.807, 2.05) is 32.3 Å². The fourth-order valence-electron chi connectivity index (χ4n) is 3.74. The Morgan fingerprint density at radius 3 is 2.48 bits per heavy atom. The summed E-state index contributed by atoms with van der Waals surface area (Å²) in [7, 11) is 5.71. The van der Waals surface area contributed by atoms with Gasteiger partial charge in [0.1, 0.15) is 11.8 Å². The minimum absolute atomic E-state index is 0.0533. The van der Waals surface area contributed by atoms with Crippen LogP contribution in [0.3, 0.4) is 0 Å². The average Bonchev–Trinajstić information content (AvgIpc) is 3.23. The Hall–Kier alpha value is -2.53. The Labute approximate surface area is 161 Å². The molecule has 1 amide bonds. The zero-order chi connectivity index (χ0) is 19.2. The summed E-state index contributed by atoms with van der Waals surface area (Å²) in [5.41, 5.74) is 3.10. The standard InChI is InChI=1S/C22H29N3O2/c1-24(2)19-11-9-17(10-12-19)21(25-13-4-5-14-25)16-23-22(26)18-7-6-8-20(15-18)27-3/h6-12,15,21H,4-5,13-14,16H2,1-3H3,(H,23,26)/p+1/t21-/m1/s1. The number of anilines is 1. The normalized spacial score (nSPS) is 15.4. The number of carbonyl (C=O) groups is 1. The van der Waals surface area contributed by atoms with Crippen LogP contribution in [0.5, 0.6) is 5.75 Å². The minimum Gasteiger partial charge on any atom is -0.497 e. The molecule has 144 valence electrons. The predicted molar refractivity (Wildman–Crippen MR) is 109 cm³/mol. The molecule has 2 aromatic rings. The monoisotopic (exact) mass is 368 g/mol. The third kappa shape index (κ3) is 4.80. The molecule has 2 aromatic carbocycles. The zero-order valence-corrected chi connectivity index (χ0v) is 16.5. The molecular weight excluding hydrogens is 338 g/mol. The van der Waals surface area contributed by atoms with Crippen molar-refractivity contribution in [3.63, 3.8) is 0 Å². The van der Waals surface area contributed by atoms with Crippen LogP contribution in [0.25, 0.3) is 0 Å². The molecule has 1 fully saturated rings. The number of carbonyl (C=O) groups excluding carboxylic acids is 1. The summed E-state index contributed by atoms with van der Waals surface area (Å²) >= 11 is 0. The number of hydrogen-bond acceptors (Lipinski definition) is 3. The van der Waals surface area contributed by atoms with Gasteiger partial charge in [-0.3, -0.25) is 4.79 Å². The van der Waals surface area contributed by atoms with E-state index in [1.54, 1.807) is 18.1 Å². The predicted octanol–water partition coefficient (Wildman–Crippen LogP) is 1.91. The van der Waals surface area contributed by atoms with Crippen LogP contribution in [0.2, 0.25) is 0 Å². The van der Waals surface area contributed by atoms with Gasteiger partial charge in [0.05, 0.1) is 26.7 Å². The molecule has 2 N–H and O–H groups in total. The maximum Gasteiger partial charge on any atom is 0.251 e. The van der Waals surface area contributed by atoms with Gasteiger partial charge in [-0.15, -0.1) is 0 Å². The van der Waals surface area contributed by atoms with Crippen molar-refractivity contribution in [2.24, 2.45) is 0 Å². The lowest BCUT2D eigenvalue weighted by Gasteiger charge is -2.26. The maximum absolute atomic E-state index is 12.6. The molecule has 1 aliphatic heterocycles. The second-order valence-corrected chi connectivity index (χ2v) is 7.35. The number of methoxy groups -OCH3 is 1. The fourth-order valence-corrected chi connectivity index (χ4v) is 3.74. The second-order valence-electron chi connectivity index (χ2n) is 7.35. The van der Waals surface area contributed by atoms with Crippen molar-refractivity contribution in [2.45, 2.75) is 18.9 Å². The third-order valence-corrected chi connectivity index (χ3v) is 5.35. The summed E-state index contributed by atoms with van der Waals surface area (Å²) in [5.74, 6) is 0.644. The van der Waals surface area contributed by atoms with Gasteiger partial charge < -0.3 is 19.9 Å². The molecule has 1 atom stereocenters. The van der Waals surface area contributed by atoms with E-state index in [4.69, 9.17) is 4.74 Å². The smallest absolute Gasteiger partial charge is 0.251 e. The highest BCUT2D eigenvalue weighted by molar-refractivity contribution is 5.94. The average molecular weight is 369 g/mol. The van der Waals surface area contributed by atoms with Crippen molar-refractivity contribution in [2.75, 3.05) is 45.7 Å². The van der Waals surface area contributed by atoms with Crippen LogP contribution < -0.4 is 19.9 Å². The van der Waals surface area contributed by atoms with Crippen LogP contribution in [-0.4, -0.2) is 46.7 Å². The first-order chi connectivity index (χ1) is 13.1. The number of nitrogens with one attached hydrogen (secondary N) is 2. The lowest BCUT2D eigenvalue weighted by atomic mass is 10.0. The molecule has 0 aromatic heterocycles. The summed E-state index contributed by atoms with van der Waals surface area (Å²) in [6.07, 6.45) is 2.51. The maximum atomic E-state index is 12.6. The second kappa shape index (κ2) is 8.91. The van der Waals surface area contributed by atoms with Gasteiger partial charge in [-0.2, -0.15) is 0 Å². The minimum atomic E-state index is -0.0533. The van der Waals surface area contributed by atoms with Crippen molar-refractivity contribution in [1.29, 1.82) is 0 Å². The van der Waals surface area contributed by atoms with Gasteiger partial charge in [-0.25, -0.2) is 0 Å². The number of nitrogens with zero attached hydrogens (tertiary/aromatic N) is 1. The molecule has 0 spiro atoms. The molecule has 1 aliphatic rings. The molecule has 1 saturated heterocycles.